The second-order valence-corrected chi connectivity index (χ2v) is 4.71. The average Bonchev–Trinajstić information content (AvgIpc) is 2.41. The van der Waals surface area contributed by atoms with E-state index < -0.39 is 5.97 Å². The number of nitrogens with zero attached hydrogens (tertiary/aromatic N) is 2. The molecule has 1 heterocycles. The van der Waals surface area contributed by atoms with Crippen LogP contribution in [0.5, 0.6) is 0 Å². The van der Waals surface area contributed by atoms with Gasteiger partial charge < -0.3 is 5.11 Å². The first-order chi connectivity index (χ1) is 6.79. The summed E-state index contributed by atoms with van der Waals surface area (Å²) in [7, 11) is 0. The number of aromatic nitrogens is 2. The number of hydrogen-bond donors (Lipinski definition) is 1. The van der Waals surface area contributed by atoms with Crippen LogP contribution in [-0.2, 0) is 12.0 Å². The summed E-state index contributed by atoms with van der Waals surface area (Å²) in [6.07, 6.45) is 0.560. The molecule has 0 radical (unpaired) electrons. The van der Waals surface area contributed by atoms with E-state index >= 15 is 0 Å². The lowest BCUT2D eigenvalue weighted by Crippen LogP contribution is -2.23. The molecule has 0 unspecified atom stereocenters. The number of hydrogen-bond acceptors (Lipinski definition) is 2. The maximum atomic E-state index is 11.0. The summed E-state index contributed by atoms with van der Waals surface area (Å²) < 4.78 is 1.55. The molecule has 15 heavy (non-hydrogen) atoms. The van der Waals surface area contributed by atoms with Gasteiger partial charge in [-0.05, 0) is 27.2 Å². The highest BCUT2D eigenvalue weighted by Gasteiger charge is 2.26. The van der Waals surface area contributed by atoms with Gasteiger partial charge in [0.25, 0.3) is 0 Å². The fourth-order valence-electron chi connectivity index (χ4n) is 1.34. The third-order valence-electron chi connectivity index (χ3n) is 2.09. The van der Waals surface area contributed by atoms with Gasteiger partial charge in [0.1, 0.15) is 10.7 Å². The highest BCUT2D eigenvalue weighted by molar-refractivity contribution is 6.32. The summed E-state index contributed by atoms with van der Waals surface area (Å²) in [5, 5.41) is 13.4. The van der Waals surface area contributed by atoms with Crippen LogP contribution in [0.1, 0.15) is 43.7 Å². The van der Waals surface area contributed by atoms with Crippen LogP contribution in [0.4, 0.5) is 0 Å². The second-order valence-electron chi connectivity index (χ2n) is 4.35. The van der Waals surface area contributed by atoms with Gasteiger partial charge in [-0.2, -0.15) is 5.10 Å². The van der Waals surface area contributed by atoms with Crippen molar-refractivity contribution in [2.24, 2.45) is 0 Å². The summed E-state index contributed by atoms with van der Waals surface area (Å²) >= 11 is 6.01. The third-order valence-corrected chi connectivity index (χ3v) is 2.43. The first-order valence-corrected chi connectivity index (χ1v) is 5.18. The molecule has 0 bridgehead atoms. The Morgan fingerprint density at radius 1 is 1.53 bits per heavy atom. The highest BCUT2D eigenvalue weighted by atomic mass is 35.5. The van der Waals surface area contributed by atoms with Gasteiger partial charge >= 0.3 is 5.97 Å². The molecule has 0 aromatic carbocycles. The number of carboxylic acid groups (broad SMARTS) is 1. The van der Waals surface area contributed by atoms with Crippen LogP contribution in [0.2, 0.25) is 5.15 Å². The molecule has 0 fully saturated rings. The maximum absolute atomic E-state index is 11.0. The van der Waals surface area contributed by atoms with Crippen molar-refractivity contribution in [1.29, 1.82) is 0 Å². The predicted octanol–water partition coefficient (Wildman–Crippen LogP) is 2.55. The van der Waals surface area contributed by atoms with Crippen molar-refractivity contribution in [3.63, 3.8) is 0 Å². The standard InChI is InChI=1S/C10H15ClN2O2/c1-5-6-7(9(14)15)8(11)13(12-6)10(2,3)4/h5H2,1-4H3,(H,14,15). The molecule has 0 amide bonds. The summed E-state index contributed by atoms with van der Waals surface area (Å²) in [6.45, 7) is 7.64. The van der Waals surface area contributed by atoms with E-state index in [1.165, 1.54) is 0 Å². The van der Waals surface area contributed by atoms with Gasteiger partial charge in [0.2, 0.25) is 0 Å². The average molecular weight is 231 g/mol. The summed E-state index contributed by atoms with van der Waals surface area (Å²) in [5.74, 6) is -1.02. The number of rotatable bonds is 2. The number of carbonyl (C=O) groups is 1. The van der Waals surface area contributed by atoms with E-state index in [4.69, 9.17) is 16.7 Å². The minimum absolute atomic E-state index is 0.120. The minimum atomic E-state index is -1.02. The van der Waals surface area contributed by atoms with E-state index in [0.717, 1.165) is 0 Å². The van der Waals surface area contributed by atoms with E-state index in [-0.39, 0.29) is 16.3 Å². The molecule has 0 aliphatic rings. The zero-order chi connectivity index (χ0) is 11.8. The normalized spacial score (nSPS) is 11.8. The van der Waals surface area contributed by atoms with Crippen molar-refractivity contribution in [3.05, 3.63) is 16.4 Å². The largest absolute Gasteiger partial charge is 0.478 e. The van der Waals surface area contributed by atoms with Crippen molar-refractivity contribution >= 4 is 17.6 Å². The fraction of sp³-hybridized carbons (Fsp3) is 0.600. The summed E-state index contributed by atoms with van der Waals surface area (Å²) in [6, 6.07) is 0. The maximum Gasteiger partial charge on any atom is 0.340 e. The molecule has 4 nitrogen and oxygen atoms in total. The number of halogens is 1. The topological polar surface area (TPSA) is 55.1 Å². The molecule has 0 atom stereocenters. The van der Waals surface area contributed by atoms with E-state index in [0.29, 0.717) is 12.1 Å². The molecule has 0 saturated carbocycles. The molecule has 0 aliphatic carbocycles. The van der Waals surface area contributed by atoms with Crippen LogP contribution in [-0.4, -0.2) is 20.9 Å². The molecule has 1 aromatic rings. The van der Waals surface area contributed by atoms with Crippen molar-refractivity contribution < 1.29 is 9.90 Å². The molecule has 1 rings (SSSR count). The van der Waals surface area contributed by atoms with Gasteiger partial charge in [-0.1, -0.05) is 18.5 Å². The first-order valence-electron chi connectivity index (χ1n) is 4.80. The van der Waals surface area contributed by atoms with Crippen LogP contribution in [0.15, 0.2) is 0 Å². The minimum Gasteiger partial charge on any atom is -0.478 e. The molecule has 1 aromatic heterocycles. The Morgan fingerprint density at radius 3 is 2.33 bits per heavy atom. The molecular formula is C10H15ClN2O2. The quantitative estimate of drug-likeness (QED) is 0.850. The number of aryl methyl sites for hydroxylation is 1. The Kier molecular flexibility index (Phi) is 3.09. The monoisotopic (exact) mass is 230 g/mol. The van der Waals surface area contributed by atoms with E-state index in [9.17, 15) is 4.79 Å². The first kappa shape index (κ1) is 12.0. The molecular weight excluding hydrogens is 216 g/mol. The zero-order valence-corrected chi connectivity index (χ0v) is 10.1. The molecule has 1 N–H and O–H groups in total. The van der Waals surface area contributed by atoms with Crippen LogP contribution >= 0.6 is 11.6 Å². The van der Waals surface area contributed by atoms with Crippen LogP contribution in [0, 0.1) is 0 Å². The number of aromatic carboxylic acids is 1. The lowest BCUT2D eigenvalue weighted by Gasteiger charge is -2.20. The van der Waals surface area contributed by atoms with Gasteiger partial charge in [0, 0.05) is 0 Å². The van der Waals surface area contributed by atoms with Crippen LogP contribution < -0.4 is 0 Å². The van der Waals surface area contributed by atoms with Crippen molar-refractivity contribution in [1.82, 2.24) is 9.78 Å². The van der Waals surface area contributed by atoms with Gasteiger partial charge in [-0.25, -0.2) is 9.48 Å². The Balaban J connectivity index is 3.41. The Bertz CT molecular complexity index is 391. The van der Waals surface area contributed by atoms with Crippen LogP contribution in [0.25, 0.3) is 0 Å². The summed E-state index contributed by atoms with van der Waals surface area (Å²) in [4.78, 5) is 11.0. The molecule has 0 saturated heterocycles. The lowest BCUT2D eigenvalue weighted by molar-refractivity contribution is 0.0696. The SMILES string of the molecule is CCc1nn(C(C)(C)C)c(Cl)c1C(=O)O. The molecule has 84 valence electrons. The predicted molar refractivity (Wildman–Crippen MR) is 58.6 cm³/mol. The number of carboxylic acids is 1. The van der Waals surface area contributed by atoms with Gasteiger partial charge in [-0.15, -0.1) is 0 Å². The lowest BCUT2D eigenvalue weighted by atomic mass is 10.1. The molecule has 0 aliphatic heterocycles. The Morgan fingerprint density at radius 2 is 2.07 bits per heavy atom. The van der Waals surface area contributed by atoms with Crippen molar-refractivity contribution in [2.75, 3.05) is 0 Å². The smallest absolute Gasteiger partial charge is 0.340 e. The third kappa shape index (κ3) is 2.15. The fourth-order valence-corrected chi connectivity index (χ4v) is 1.82. The molecule has 0 spiro atoms. The second kappa shape index (κ2) is 3.85. The van der Waals surface area contributed by atoms with E-state index in [1.807, 2.05) is 27.7 Å². The summed E-state index contributed by atoms with van der Waals surface area (Å²) in [5.41, 5.74) is 0.339. The Labute approximate surface area is 93.9 Å². The Hall–Kier alpha value is -1.03. The highest BCUT2D eigenvalue weighted by Crippen LogP contribution is 2.26. The molecule has 5 heteroatoms. The van der Waals surface area contributed by atoms with Gasteiger partial charge in [-0.3, -0.25) is 0 Å². The zero-order valence-electron chi connectivity index (χ0n) is 9.33. The van der Waals surface area contributed by atoms with Gasteiger partial charge in [0.05, 0.1) is 11.2 Å². The van der Waals surface area contributed by atoms with Crippen molar-refractivity contribution in [2.45, 2.75) is 39.7 Å². The van der Waals surface area contributed by atoms with Gasteiger partial charge in [0.15, 0.2) is 0 Å². The van der Waals surface area contributed by atoms with E-state index in [1.54, 1.807) is 4.68 Å². The van der Waals surface area contributed by atoms with Crippen LogP contribution in [0.3, 0.4) is 0 Å². The van der Waals surface area contributed by atoms with Crippen molar-refractivity contribution in [3.8, 4) is 0 Å². The van der Waals surface area contributed by atoms with E-state index in [2.05, 4.69) is 5.10 Å².